The number of H-pyrrole nitrogens is 2. The number of nitrogens with one attached hydrogen (secondary N) is 3. The van der Waals surface area contributed by atoms with Crippen molar-refractivity contribution in [3.63, 3.8) is 0 Å². The van der Waals surface area contributed by atoms with E-state index in [1.807, 2.05) is 66.7 Å². The van der Waals surface area contributed by atoms with Crippen LogP contribution < -0.4 is 16.3 Å². The zero-order valence-corrected chi connectivity index (χ0v) is 22.1. The lowest BCUT2D eigenvalue weighted by molar-refractivity contribution is 0.854. The summed E-state index contributed by atoms with van der Waals surface area (Å²) >= 11 is 6.44. The predicted octanol–water partition coefficient (Wildman–Crippen LogP) is 5.97. The predicted molar refractivity (Wildman–Crippen MR) is 162 cm³/mol. The van der Waals surface area contributed by atoms with Gasteiger partial charge in [0.05, 0.1) is 0 Å². The smallest absolute Gasteiger partial charge is 0.164 e. The lowest BCUT2D eigenvalue weighted by atomic mass is 10.1. The quantitative estimate of drug-likeness (QED) is 0.213. The summed E-state index contributed by atoms with van der Waals surface area (Å²) in [5.41, 5.74) is 5.12. The average molecular weight is 551 g/mol. The van der Waals surface area contributed by atoms with Crippen LogP contribution in [-0.4, -0.2) is 27.5 Å². The number of amidine groups is 3. The van der Waals surface area contributed by atoms with Gasteiger partial charge in [0.25, 0.3) is 0 Å². The maximum atomic E-state index is 6.44. The Bertz CT molecular complexity index is 2320. The van der Waals surface area contributed by atoms with E-state index in [9.17, 15) is 0 Å². The van der Waals surface area contributed by atoms with Crippen molar-refractivity contribution in [2.24, 2.45) is 25.0 Å². The van der Waals surface area contributed by atoms with Crippen molar-refractivity contribution in [1.29, 1.82) is 0 Å². The number of hydrogen-bond acceptors (Lipinski definition) is 6. The molecule has 6 aromatic rings. The summed E-state index contributed by atoms with van der Waals surface area (Å²) in [6.07, 6.45) is -0.336. The largest absolute Gasteiger partial charge is 0.346 e. The molecule has 2 aromatic heterocycles. The van der Waals surface area contributed by atoms with Crippen LogP contribution in [0.2, 0.25) is 5.02 Å². The standard InChI is InChI=1S/C32H19ClN8/c33-16-13-14-23-24(15-16)32-40-30-22-12-6-5-11-21(22)28(38-30)36-26-18-8-2-1-7-17(18)25(34-26)35-27-19-9-3-4-10-20(19)29(37-27)39-31(23)41-32/h1-15,27,34-35H,(H,36,37,38,39,40,41). The fourth-order valence-corrected chi connectivity index (χ4v) is 6.00. The van der Waals surface area contributed by atoms with Gasteiger partial charge in [-0.1, -0.05) is 84.4 Å². The van der Waals surface area contributed by atoms with E-state index in [0.29, 0.717) is 39.3 Å². The number of fused-ring (bicyclic) bond motifs is 18. The molecule has 0 amide bonds. The molecule has 0 spiro atoms. The van der Waals surface area contributed by atoms with Gasteiger partial charge in [-0.25, -0.2) is 25.0 Å². The number of aliphatic imine (C=N–C) groups is 3. The van der Waals surface area contributed by atoms with Crippen LogP contribution in [0.25, 0.3) is 21.5 Å². The summed E-state index contributed by atoms with van der Waals surface area (Å²) in [5, 5.41) is 8.00. The second kappa shape index (κ2) is 8.33. The first-order valence-electron chi connectivity index (χ1n) is 13.3. The van der Waals surface area contributed by atoms with Gasteiger partial charge in [-0.05, 0) is 18.2 Å². The first kappa shape index (κ1) is 22.5. The maximum Gasteiger partial charge on any atom is 0.164 e. The molecule has 5 heterocycles. The van der Waals surface area contributed by atoms with Crippen molar-refractivity contribution in [3.05, 3.63) is 129 Å². The van der Waals surface area contributed by atoms with E-state index < -0.39 is 0 Å². The van der Waals surface area contributed by atoms with Crippen molar-refractivity contribution >= 4 is 62.3 Å². The highest BCUT2D eigenvalue weighted by molar-refractivity contribution is 6.31. The Morgan fingerprint density at radius 2 is 1.24 bits per heavy atom. The molecule has 0 saturated carbocycles. The number of anilines is 1. The van der Waals surface area contributed by atoms with Gasteiger partial charge in [0, 0.05) is 48.8 Å². The number of hydrogen-bond donors (Lipinski definition) is 3. The third-order valence-electron chi connectivity index (χ3n) is 7.73. The third-order valence-corrected chi connectivity index (χ3v) is 7.96. The highest BCUT2D eigenvalue weighted by Crippen LogP contribution is 2.37. The third kappa shape index (κ3) is 3.38. The Morgan fingerprint density at radius 1 is 0.561 bits per heavy atom. The molecule has 1 atom stereocenters. The monoisotopic (exact) mass is 550 g/mol. The molecule has 8 bridgehead atoms. The van der Waals surface area contributed by atoms with Crippen molar-refractivity contribution in [2.45, 2.75) is 6.17 Å². The first-order chi connectivity index (χ1) is 20.2. The highest BCUT2D eigenvalue weighted by atomic mass is 35.5. The van der Waals surface area contributed by atoms with Crippen LogP contribution in [0, 0.1) is 0 Å². The van der Waals surface area contributed by atoms with Crippen LogP contribution in [0.4, 0.5) is 11.6 Å². The lowest BCUT2D eigenvalue weighted by Gasteiger charge is -2.12. The molecule has 3 aliphatic heterocycles. The lowest BCUT2D eigenvalue weighted by Crippen LogP contribution is -2.15. The number of halogens is 1. The summed E-state index contributed by atoms with van der Waals surface area (Å²) in [4.78, 5) is 32.0. The van der Waals surface area contributed by atoms with Crippen molar-refractivity contribution in [2.75, 3.05) is 5.32 Å². The maximum absolute atomic E-state index is 6.44. The van der Waals surface area contributed by atoms with E-state index in [1.54, 1.807) is 0 Å². The molecule has 0 aliphatic carbocycles. The molecule has 0 radical (unpaired) electrons. The van der Waals surface area contributed by atoms with E-state index >= 15 is 0 Å². The van der Waals surface area contributed by atoms with Gasteiger partial charge in [0.15, 0.2) is 17.5 Å². The minimum atomic E-state index is -0.336. The van der Waals surface area contributed by atoms with Crippen LogP contribution >= 0.6 is 11.6 Å². The van der Waals surface area contributed by atoms with Crippen molar-refractivity contribution in [1.82, 2.24) is 9.97 Å². The van der Waals surface area contributed by atoms with Crippen LogP contribution in [-0.2, 0) is 0 Å². The minimum Gasteiger partial charge on any atom is -0.346 e. The molecule has 1 unspecified atom stereocenters. The van der Waals surface area contributed by atoms with Crippen LogP contribution in [0.5, 0.6) is 0 Å². The van der Waals surface area contributed by atoms with E-state index in [0.717, 1.165) is 49.6 Å². The molecule has 3 N–H and O–H groups in total. The zero-order valence-electron chi connectivity index (χ0n) is 21.4. The van der Waals surface area contributed by atoms with Crippen molar-refractivity contribution in [3.8, 4) is 0 Å². The summed E-state index contributed by atoms with van der Waals surface area (Å²) in [6.45, 7) is 0. The topological polar surface area (TPSA) is 105 Å². The average Bonchev–Trinajstić information content (AvgIpc) is 3.72. The number of aromatic nitrogens is 2. The van der Waals surface area contributed by atoms with E-state index in [2.05, 4.69) is 39.6 Å². The summed E-state index contributed by atoms with van der Waals surface area (Å²) < 4.78 is 0. The molecule has 0 fully saturated rings. The second-order valence-corrected chi connectivity index (χ2v) is 10.6. The number of benzene rings is 4. The molecule has 4 aromatic carbocycles. The van der Waals surface area contributed by atoms with Gasteiger partial charge in [0.2, 0.25) is 0 Å². The van der Waals surface area contributed by atoms with Gasteiger partial charge in [0.1, 0.15) is 28.8 Å². The molecule has 9 heteroatoms. The molecule has 41 heavy (non-hydrogen) atoms. The van der Waals surface area contributed by atoms with E-state index in [-0.39, 0.29) is 6.17 Å². The SMILES string of the molecule is Clc1ccc2c3[nH]c(c2c1)=NC1=N/C(=N\c2[nH]c(c4ccccc24)NC2N=C(N=3)c3ccccc32)c2ccccc21. The Kier molecular flexibility index (Phi) is 4.57. The zero-order chi connectivity index (χ0) is 27.1. The molecule has 8 nitrogen and oxygen atoms in total. The van der Waals surface area contributed by atoms with Gasteiger partial charge in [-0.3, -0.25) is 0 Å². The minimum absolute atomic E-state index is 0.336. The van der Waals surface area contributed by atoms with Crippen molar-refractivity contribution < 1.29 is 0 Å². The molecule has 194 valence electrons. The second-order valence-electron chi connectivity index (χ2n) is 10.1. The molecular weight excluding hydrogens is 532 g/mol. The Hall–Kier alpha value is -5.34. The molecule has 0 saturated heterocycles. The van der Waals surface area contributed by atoms with Gasteiger partial charge in [-0.15, -0.1) is 0 Å². The Morgan fingerprint density at radius 3 is 2.10 bits per heavy atom. The Labute approximate surface area is 237 Å². The normalized spacial score (nSPS) is 18.0. The molecule has 3 aliphatic rings. The van der Waals surface area contributed by atoms with Gasteiger partial charge < -0.3 is 15.3 Å². The first-order valence-corrected chi connectivity index (χ1v) is 13.6. The summed E-state index contributed by atoms with van der Waals surface area (Å²) in [6, 6.07) is 30.1. The summed E-state index contributed by atoms with van der Waals surface area (Å²) in [7, 11) is 0. The van der Waals surface area contributed by atoms with Crippen LogP contribution in [0.3, 0.4) is 0 Å². The molecule has 9 rings (SSSR count). The fraction of sp³-hybridized carbons (Fsp3) is 0.0312. The number of rotatable bonds is 0. The highest BCUT2D eigenvalue weighted by Gasteiger charge is 2.27. The summed E-state index contributed by atoms with van der Waals surface area (Å²) in [5.74, 6) is 3.34. The van der Waals surface area contributed by atoms with Gasteiger partial charge >= 0.3 is 0 Å². The fourth-order valence-electron chi connectivity index (χ4n) is 5.82. The number of aromatic amines is 2. The number of nitrogens with zero attached hydrogens (tertiary/aromatic N) is 5. The van der Waals surface area contributed by atoms with Gasteiger partial charge in [-0.2, -0.15) is 0 Å². The van der Waals surface area contributed by atoms with Crippen LogP contribution in [0.1, 0.15) is 28.4 Å². The Balaban J connectivity index is 1.40. The van der Waals surface area contributed by atoms with E-state index in [4.69, 9.17) is 36.6 Å². The van der Waals surface area contributed by atoms with E-state index in [1.165, 1.54) is 0 Å². The van der Waals surface area contributed by atoms with Crippen LogP contribution in [0.15, 0.2) is 116 Å². The molecular formula is C32H19ClN8.